The van der Waals surface area contributed by atoms with Crippen LogP contribution in [0, 0.1) is 24.6 Å². The Kier molecular flexibility index (Phi) is 26.1. The molecule has 3 aromatic carbocycles. The van der Waals surface area contributed by atoms with Crippen molar-refractivity contribution in [1.82, 2.24) is 15.2 Å². The normalized spacial score (nSPS) is 19.2. The summed E-state index contributed by atoms with van der Waals surface area (Å²) >= 11 is 6.08. The summed E-state index contributed by atoms with van der Waals surface area (Å²) in [5, 5.41) is 86.9. The Labute approximate surface area is 492 Å². The average molecular weight is 1210 g/mol. The van der Waals surface area contributed by atoms with E-state index in [1.165, 1.54) is 68.4 Å². The number of aliphatic hydroxyl groups is 8. The van der Waals surface area contributed by atoms with Crippen molar-refractivity contribution in [3.8, 4) is 11.5 Å². The van der Waals surface area contributed by atoms with Gasteiger partial charge in [0, 0.05) is 87.1 Å². The number of carbonyl (C=O) groups excluding carboxylic acids is 8. The second-order valence-corrected chi connectivity index (χ2v) is 21.1. The highest BCUT2D eigenvalue weighted by Crippen LogP contribution is 2.28. The van der Waals surface area contributed by atoms with Crippen molar-refractivity contribution in [2.45, 2.75) is 133 Å². The van der Waals surface area contributed by atoms with Crippen molar-refractivity contribution in [3.05, 3.63) is 118 Å². The van der Waals surface area contributed by atoms with Crippen LogP contribution in [0.1, 0.15) is 78.7 Å². The number of benzene rings is 3. The summed E-state index contributed by atoms with van der Waals surface area (Å²) in [6.45, 7) is 2.33. The number of nitrogens with two attached hydrogens (primary N) is 1. The third kappa shape index (κ3) is 20.2. The fourth-order valence-electron chi connectivity index (χ4n) is 8.78. The molecule has 462 valence electrons. The number of primary amides is 1. The van der Waals surface area contributed by atoms with E-state index in [1.54, 1.807) is 24.3 Å². The number of hydrogen-bond acceptors (Lipinski definition) is 21. The molecule has 27 heteroatoms. The Morgan fingerprint density at radius 3 is 2.15 bits per heavy atom. The molecule has 0 radical (unpaired) electrons. The van der Waals surface area contributed by atoms with E-state index >= 15 is 4.39 Å². The van der Waals surface area contributed by atoms with Crippen LogP contribution in [0.2, 0.25) is 5.02 Å². The lowest BCUT2D eigenvalue weighted by molar-refractivity contribution is -0.326. The van der Waals surface area contributed by atoms with E-state index in [9.17, 15) is 79.2 Å². The van der Waals surface area contributed by atoms with Gasteiger partial charge in [-0.1, -0.05) is 48.9 Å². The SMILES string of the molecule is Cc1cc(CC(=O)Cc2ccc(Oc3ccnc(C(=O)CCCN(C)C(=O)OCc4ccc(NC(=O)C(CC(N)=O)CC(=O)C(C)NC(=O)C(C)CC(=O)[C@H](O)[C@H](O)[C@@H](O[C@@H]5O[C@H](CO)[C@H](O)[C@H](O)[C@H]5O)[C@H](O)CO)cc4)c3)cc2F)ccc1Cl. The zero-order chi connectivity index (χ0) is 62.8. The van der Waals surface area contributed by atoms with Crippen LogP contribution in [0.3, 0.4) is 0 Å². The molecule has 12 atom stereocenters. The molecule has 0 aliphatic carbocycles. The quantitative estimate of drug-likeness (QED) is 0.0307. The first-order valence-electron chi connectivity index (χ1n) is 26.9. The molecule has 4 aromatic rings. The Balaban J connectivity index is 1.03. The van der Waals surface area contributed by atoms with Crippen LogP contribution in [-0.2, 0) is 62.4 Å². The van der Waals surface area contributed by atoms with Crippen molar-refractivity contribution in [1.29, 1.82) is 0 Å². The summed E-state index contributed by atoms with van der Waals surface area (Å²) in [6.07, 6.45) is -19.0. The maximum absolute atomic E-state index is 15.1. The Hall–Kier alpha value is -7.21. The van der Waals surface area contributed by atoms with Crippen LogP contribution >= 0.6 is 11.6 Å². The van der Waals surface area contributed by atoms with Gasteiger partial charge in [-0.3, -0.25) is 38.5 Å². The molecule has 0 bridgehead atoms. The van der Waals surface area contributed by atoms with Crippen LogP contribution in [0.4, 0.5) is 14.9 Å². The van der Waals surface area contributed by atoms with E-state index in [4.69, 9.17) is 36.3 Å². The van der Waals surface area contributed by atoms with Gasteiger partial charge in [-0.25, -0.2) is 9.18 Å². The maximum Gasteiger partial charge on any atom is 0.409 e. The summed E-state index contributed by atoms with van der Waals surface area (Å²) in [7, 11) is 1.48. The molecule has 1 aromatic heterocycles. The summed E-state index contributed by atoms with van der Waals surface area (Å²) < 4.78 is 36.8. The fraction of sp³-hybridized carbons (Fsp3) is 0.466. The van der Waals surface area contributed by atoms with E-state index in [1.807, 2.05) is 13.0 Å². The maximum atomic E-state index is 15.1. The first-order chi connectivity index (χ1) is 40.2. The first-order valence-corrected chi connectivity index (χ1v) is 27.3. The largest absolute Gasteiger partial charge is 0.457 e. The van der Waals surface area contributed by atoms with E-state index in [-0.39, 0.29) is 78.8 Å². The summed E-state index contributed by atoms with van der Waals surface area (Å²) in [5.41, 5.74) is 8.02. The van der Waals surface area contributed by atoms with E-state index in [0.29, 0.717) is 10.6 Å². The van der Waals surface area contributed by atoms with Crippen LogP contribution < -0.4 is 21.1 Å². The van der Waals surface area contributed by atoms with Gasteiger partial charge in [-0.15, -0.1) is 0 Å². The standard InChI is InChI=1S/C58H71ClFN5O20/c1-29-18-33(9-14-40(29)59)20-37(68)21-34-10-13-38(24-41(34)60)83-39-15-16-62-42(25-39)43(69)6-5-17-65(4)58(81)82-28-32-7-11-36(12-8-32)64-56(80)35(23-48(61)73)22-44(70)31(3)63-55(79)30(2)19-45(71)49(74)52(77)54(46(72)26-66)85-57-53(78)51(76)50(75)47(27-67)84-57/h7-16,18,24-25,30-31,35,46-47,49-54,57,66-67,72,74-78H,5-6,17,19-23,26-28H2,1-4H3,(H2,61,73)(H,63,79)(H,64,80)/t30?,31?,35?,46-,47-,49+,50+,51+,52+,53-,54+,57+/m1/s1. The van der Waals surface area contributed by atoms with Gasteiger partial charge in [0.25, 0.3) is 0 Å². The monoisotopic (exact) mass is 1210 g/mol. The average Bonchev–Trinajstić information content (AvgIpc) is 3.30. The van der Waals surface area contributed by atoms with Crippen LogP contribution in [-0.4, -0.2) is 186 Å². The van der Waals surface area contributed by atoms with E-state index in [2.05, 4.69) is 15.6 Å². The zero-order valence-electron chi connectivity index (χ0n) is 46.9. The molecule has 1 aliphatic heterocycles. The Bertz CT molecular complexity index is 2990. The van der Waals surface area contributed by atoms with Gasteiger partial charge >= 0.3 is 6.09 Å². The number of halogens is 2. The fourth-order valence-corrected chi connectivity index (χ4v) is 8.89. The number of rotatable bonds is 32. The lowest BCUT2D eigenvalue weighted by Gasteiger charge is -2.42. The Morgan fingerprint density at radius 2 is 1.51 bits per heavy atom. The zero-order valence-corrected chi connectivity index (χ0v) is 47.7. The number of carbonyl (C=O) groups is 8. The minimum absolute atomic E-state index is 0.00624. The van der Waals surface area contributed by atoms with Gasteiger partial charge in [-0.2, -0.15) is 0 Å². The molecule has 0 spiro atoms. The number of aromatic nitrogens is 1. The number of ketones is 4. The van der Waals surface area contributed by atoms with Gasteiger partial charge in [0.15, 0.2) is 23.6 Å². The number of nitrogens with zero attached hydrogens (tertiary/aromatic N) is 2. The van der Waals surface area contributed by atoms with Crippen molar-refractivity contribution in [3.63, 3.8) is 0 Å². The third-order valence-corrected chi connectivity index (χ3v) is 14.3. The predicted molar refractivity (Wildman–Crippen MR) is 298 cm³/mol. The molecule has 1 aliphatic rings. The van der Waals surface area contributed by atoms with Crippen molar-refractivity contribution >= 4 is 64.2 Å². The first kappa shape index (κ1) is 68.6. The van der Waals surface area contributed by atoms with Gasteiger partial charge in [0.1, 0.15) is 84.2 Å². The summed E-state index contributed by atoms with van der Waals surface area (Å²) in [4.78, 5) is 109. The van der Waals surface area contributed by atoms with Crippen molar-refractivity contribution < 1.29 is 103 Å². The number of aryl methyl sites for hydroxylation is 1. The van der Waals surface area contributed by atoms with E-state index in [0.717, 1.165) is 17.2 Å². The van der Waals surface area contributed by atoms with Gasteiger partial charge in [0.2, 0.25) is 17.7 Å². The minimum Gasteiger partial charge on any atom is -0.457 e. The predicted octanol–water partition coefficient (Wildman–Crippen LogP) is 1.31. The molecule has 12 N–H and O–H groups in total. The molecule has 1 saturated heterocycles. The molecular weight excluding hydrogens is 1140 g/mol. The molecule has 1 fully saturated rings. The number of nitrogens with one attached hydrogen (secondary N) is 2. The Morgan fingerprint density at radius 1 is 0.824 bits per heavy atom. The van der Waals surface area contributed by atoms with E-state index < -0.39 is 147 Å². The number of pyridine rings is 1. The van der Waals surface area contributed by atoms with Gasteiger partial charge in [0.05, 0.1) is 25.2 Å². The van der Waals surface area contributed by atoms with Crippen LogP contribution in [0.15, 0.2) is 79.0 Å². The highest BCUT2D eigenvalue weighted by molar-refractivity contribution is 6.31. The van der Waals surface area contributed by atoms with Crippen LogP contribution in [0.25, 0.3) is 0 Å². The topological polar surface area (TPSA) is 402 Å². The highest BCUT2D eigenvalue weighted by Gasteiger charge is 2.47. The molecule has 5 rings (SSSR count). The minimum atomic E-state index is -2.39. The second kappa shape index (κ2) is 32.3. The third-order valence-electron chi connectivity index (χ3n) is 13.8. The second-order valence-electron chi connectivity index (χ2n) is 20.7. The number of hydrogen-bond donors (Lipinski definition) is 11. The highest BCUT2D eigenvalue weighted by atomic mass is 35.5. The smallest absolute Gasteiger partial charge is 0.409 e. The lowest BCUT2D eigenvalue weighted by atomic mass is 9.93. The molecule has 85 heavy (non-hydrogen) atoms. The van der Waals surface area contributed by atoms with Crippen LogP contribution in [0.5, 0.6) is 11.5 Å². The van der Waals surface area contributed by atoms with Crippen molar-refractivity contribution in [2.75, 3.05) is 32.1 Å². The lowest BCUT2D eigenvalue weighted by Crippen LogP contribution is -2.61. The molecule has 2 heterocycles. The number of amides is 4. The van der Waals surface area contributed by atoms with Gasteiger partial charge in [-0.05, 0) is 72.9 Å². The molecule has 3 unspecified atom stereocenters. The van der Waals surface area contributed by atoms with Crippen molar-refractivity contribution in [2.24, 2.45) is 17.6 Å². The number of ether oxygens (including phenoxy) is 4. The van der Waals surface area contributed by atoms with Gasteiger partial charge < -0.3 is 81.1 Å². The number of anilines is 1. The summed E-state index contributed by atoms with van der Waals surface area (Å²) in [6, 6.07) is 17.0. The molecule has 25 nitrogen and oxygen atoms in total. The number of aliphatic hydroxyl groups excluding tert-OH is 8. The summed E-state index contributed by atoms with van der Waals surface area (Å²) in [5.74, 6) is -7.86. The molecule has 4 amide bonds. The molecular formula is C58H71ClFN5O20. The molecule has 0 saturated carbocycles. The number of Topliss-reactive ketones (excluding diaryl/α,β-unsaturated/α-hetero) is 4.